The third-order valence-corrected chi connectivity index (χ3v) is 3.93. The molecular formula is C17H27NO3. The summed E-state index contributed by atoms with van der Waals surface area (Å²) in [6.07, 6.45) is 5.09. The number of hydrogen-bond donors (Lipinski definition) is 2. The molecule has 1 aromatic rings. The fraction of sp³-hybridized carbons (Fsp3) is 0.647. The Hall–Kier alpha value is -0.940. The Morgan fingerprint density at radius 2 is 1.86 bits per heavy atom. The lowest BCUT2D eigenvalue weighted by atomic mass is 10.1. The number of nitrogens with two attached hydrogens (primary N) is 1. The summed E-state index contributed by atoms with van der Waals surface area (Å²) < 4.78 is 11.3. The molecule has 21 heavy (non-hydrogen) atoms. The highest BCUT2D eigenvalue weighted by atomic mass is 16.5. The van der Waals surface area contributed by atoms with Crippen molar-refractivity contribution in [1.29, 1.82) is 0 Å². The van der Waals surface area contributed by atoms with E-state index in [0.29, 0.717) is 13.2 Å². The Morgan fingerprint density at radius 1 is 1.10 bits per heavy atom. The fourth-order valence-corrected chi connectivity index (χ4v) is 2.68. The molecule has 0 heterocycles. The lowest BCUT2D eigenvalue weighted by Crippen LogP contribution is -2.38. The maximum absolute atomic E-state index is 9.92. The molecule has 1 aliphatic carbocycles. The Balaban J connectivity index is 1.61. The molecule has 0 bridgehead atoms. The van der Waals surface area contributed by atoms with Gasteiger partial charge in [-0.25, -0.2) is 0 Å². The second kappa shape index (κ2) is 9.15. The molecule has 4 heteroatoms. The van der Waals surface area contributed by atoms with Gasteiger partial charge in [-0.1, -0.05) is 49.6 Å². The maximum Gasteiger partial charge on any atom is 0.101 e. The van der Waals surface area contributed by atoms with E-state index in [2.05, 4.69) is 0 Å². The van der Waals surface area contributed by atoms with Crippen molar-refractivity contribution in [1.82, 2.24) is 0 Å². The highest BCUT2D eigenvalue weighted by Gasteiger charge is 2.21. The first kappa shape index (κ1) is 16.4. The van der Waals surface area contributed by atoms with Gasteiger partial charge in [0.15, 0.2) is 0 Å². The third kappa shape index (κ3) is 6.14. The van der Waals surface area contributed by atoms with Crippen LogP contribution in [-0.4, -0.2) is 36.6 Å². The maximum atomic E-state index is 9.92. The van der Waals surface area contributed by atoms with Gasteiger partial charge in [0.05, 0.1) is 25.9 Å². The van der Waals surface area contributed by atoms with E-state index >= 15 is 0 Å². The average Bonchev–Trinajstić information content (AvgIpc) is 2.71. The zero-order valence-electron chi connectivity index (χ0n) is 12.6. The Labute approximate surface area is 127 Å². The molecule has 0 saturated heterocycles. The summed E-state index contributed by atoms with van der Waals surface area (Å²) in [6, 6.07) is 10.0. The third-order valence-electron chi connectivity index (χ3n) is 3.93. The van der Waals surface area contributed by atoms with E-state index in [1.807, 2.05) is 30.3 Å². The summed E-state index contributed by atoms with van der Waals surface area (Å²) in [5, 5.41) is 9.92. The summed E-state index contributed by atoms with van der Waals surface area (Å²) in [7, 11) is 0. The Kier molecular flexibility index (Phi) is 7.16. The van der Waals surface area contributed by atoms with Gasteiger partial charge in [-0.15, -0.1) is 0 Å². The first-order chi connectivity index (χ1) is 10.3. The van der Waals surface area contributed by atoms with Crippen LogP contribution in [0.3, 0.4) is 0 Å². The predicted octanol–water partition coefficient (Wildman–Crippen LogP) is 2.24. The van der Waals surface area contributed by atoms with Crippen molar-refractivity contribution in [3.8, 4) is 0 Å². The normalized spacial score (nSPS) is 24.5. The quantitative estimate of drug-likeness (QED) is 0.757. The van der Waals surface area contributed by atoms with Crippen molar-refractivity contribution in [3.63, 3.8) is 0 Å². The van der Waals surface area contributed by atoms with Gasteiger partial charge in [0.1, 0.15) is 6.10 Å². The van der Waals surface area contributed by atoms with Gasteiger partial charge in [0, 0.05) is 6.04 Å². The molecule has 118 valence electrons. The van der Waals surface area contributed by atoms with Crippen LogP contribution in [0, 0.1) is 0 Å². The summed E-state index contributed by atoms with van der Waals surface area (Å²) in [5.41, 5.74) is 7.21. The molecule has 0 radical (unpaired) electrons. The van der Waals surface area contributed by atoms with Crippen molar-refractivity contribution < 1.29 is 14.6 Å². The summed E-state index contributed by atoms with van der Waals surface area (Å²) in [5.74, 6) is 0. The molecule has 1 aromatic carbocycles. The van der Waals surface area contributed by atoms with Gasteiger partial charge in [-0.05, 0) is 18.4 Å². The summed E-state index contributed by atoms with van der Waals surface area (Å²) in [4.78, 5) is 0. The van der Waals surface area contributed by atoms with E-state index < -0.39 is 6.10 Å². The minimum absolute atomic E-state index is 0.0799. The van der Waals surface area contributed by atoms with Gasteiger partial charge in [0.2, 0.25) is 0 Å². The number of rotatable bonds is 7. The van der Waals surface area contributed by atoms with Gasteiger partial charge in [-0.3, -0.25) is 0 Å². The number of aliphatic hydroxyl groups excluding tert-OH is 1. The minimum atomic E-state index is -0.593. The molecule has 2 rings (SSSR count). The summed E-state index contributed by atoms with van der Waals surface area (Å²) >= 11 is 0. The van der Waals surface area contributed by atoms with Crippen LogP contribution < -0.4 is 5.73 Å². The number of aliphatic hydroxyl groups is 1. The molecule has 3 unspecified atom stereocenters. The Morgan fingerprint density at radius 3 is 2.67 bits per heavy atom. The van der Waals surface area contributed by atoms with Crippen LogP contribution in [-0.2, 0) is 16.1 Å². The lowest BCUT2D eigenvalue weighted by molar-refractivity contribution is -0.0548. The summed E-state index contributed by atoms with van der Waals surface area (Å²) in [6.45, 7) is 1.10. The molecular weight excluding hydrogens is 266 g/mol. The lowest BCUT2D eigenvalue weighted by Gasteiger charge is -2.23. The van der Waals surface area contributed by atoms with Gasteiger partial charge < -0.3 is 20.3 Å². The fourth-order valence-electron chi connectivity index (χ4n) is 2.68. The van der Waals surface area contributed by atoms with Crippen molar-refractivity contribution in [2.45, 2.75) is 57.0 Å². The van der Waals surface area contributed by atoms with E-state index in [0.717, 1.165) is 18.4 Å². The molecule has 3 N–H and O–H groups in total. The molecule has 1 fully saturated rings. The van der Waals surface area contributed by atoms with Crippen LogP contribution in [0.2, 0.25) is 0 Å². The van der Waals surface area contributed by atoms with E-state index in [-0.39, 0.29) is 18.8 Å². The van der Waals surface area contributed by atoms with E-state index in [9.17, 15) is 5.11 Å². The molecule has 0 spiro atoms. The average molecular weight is 293 g/mol. The van der Waals surface area contributed by atoms with Gasteiger partial charge in [-0.2, -0.15) is 0 Å². The number of benzene rings is 1. The van der Waals surface area contributed by atoms with Crippen molar-refractivity contribution in [3.05, 3.63) is 35.9 Å². The number of hydrogen-bond acceptors (Lipinski definition) is 4. The van der Waals surface area contributed by atoms with Crippen LogP contribution >= 0.6 is 0 Å². The highest BCUT2D eigenvalue weighted by molar-refractivity contribution is 5.13. The second-order valence-electron chi connectivity index (χ2n) is 5.83. The van der Waals surface area contributed by atoms with E-state index in [4.69, 9.17) is 15.2 Å². The zero-order valence-corrected chi connectivity index (χ0v) is 12.6. The molecule has 4 nitrogen and oxygen atoms in total. The minimum Gasteiger partial charge on any atom is -0.388 e. The number of ether oxygens (including phenoxy) is 2. The standard InChI is InChI=1S/C17H27NO3/c18-16-9-5-2-6-10-17(16)21-13-15(19)12-20-11-14-7-3-1-4-8-14/h1,3-4,7-8,15-17,19H,2,5-6,9-13,18H2. The van der Waals surface area contributed by atoms with Crippen molar-refractivity contribution in [2.24, 2.45) is 5.73 Å². The molecule has 0 aliphatic heterocycles. The molecule has 0 amide bonds. The van der Waals surface area contributed by atoms with Crippen LogP contribution in [0.5, 0.6) is 0 Å². The van der Waals surface area contributed by atoms with Crippen LogP contribution in [0.25, 0.3) is 0 Å². The van der Waals surface area contributed by atoms with Crippen LogP contribution in [0.4, 0.5) is 0 Å². The van der Waals surface area contributed by atoms with Crippen LogP contribution in [0.15, 0.2) is 30.3 Å². The monoisotopic (exact) mass is 293 g/mol. The largest absolute Gasteiger partial charge is 0.388 e. The van der Waals surface area contributed by atoms with E-state index in [1.165, 1.54) is 19.3 Å². The molecule has 1 saturated carbocycles. The molecule has 1 aliphatic rings. The first-order valence-electron chi connectivity index (χ1n) is 7.92. The topological polar surface area (TPSA) is 64.7 Å². The SMILES string of the molecule is NC1CCCCCC1OCC(O)COCc1ccccc1. The van der Waals surface area contributed by atoms with Crippen molar-refractivity contribution >= 4 is 0 Å². The Bertz CT molecular complexity index is 385. The predicted molar refractivity (Wildman–Crippen MR) is 82.9 cm³/mol. The smallest absolute Gasteiger partial charge is 0.101 e. The van der Waals surface area contributed by atoms with E-state index in [1.54, 1.807) is 0 Å². The van der Waals surface area contributed by atoms with Gasteiger partial charge in [0.25, 0.3) is 0 Å². The van der Waals surface area contributed by atoms with Crippen LogP contribution in [0.1, 0.15) is 37.7 Å². The highest BCUT2D eigenvalue weighted by Crippen LogP contribution is 2.19. The zero-order chi connectivity index (χ0) is 14.9. The van der Waals surface area contributed by atoms with Crippen molar-refractivity contribution in [2.75, 3.05) is 13.2 Å². The molecule has 3 atom stereocenters. The van der Waals surface area contributed by atoms with Gasteiger partial charge >= 0.3 is 0 Å². The first-order valence-corrected chi connectivity index (χ1v) is 7.92. The second-order valence-corrected chi connectivity index (χ2v) is 5.83. The molecule has 0 aromatic heterocycles.